The fourth-order valence-corrected chi connectivity index (χ4v) is 3.95. The number of anilines is 2. The summed E-state index contributed by atoms with van der Waals surface area (Å²) < 4.78 is 5.57. The molecule has 1 aliphatic heterocycles. The minimum atomic E-state index is -0.160. The van der Waals surface area contributed by atoms with Gasteiger partial charge in [0.25, 0.3) is 5.91 Å². The van der Waals surface area contributed by atoms with Gasteiger partial charge in [-0.05, 0) is 48.9 Å². The third kappa shape index (κ3) is 6.09. The monoisotopic (exact) mass is 416 g/mol. The number of quaternary nitrogens is 1. The third-order valence-corrected chi connectivity index (χ3v) is 5.64. The van der Waals surface area contributed by atoms with Crippen LogP contribution in [0.1, 0.15) is 11.1 Å². The molecule has 1 aliphatic rings. The molecule has 0 atom stereocenters. The molecule has 0 saturated carbocycles. The molecule has 0 radical (unpaired) electrons. The second-order valence-electron chi connectivity index (χ2n) is 8.10. The average molecular weight is 417 g/mol. The van der Waals surface area contributed by atoms with Crippen molar-refractivity contribution in [1.82, 2.24) is 0 Å². The minimum Gasteiger partial charge on any atom is -0.484 e. The molecular weight excluding hydrogens is 386 g/mol. The number of nitrogens with one attached hydrogen (secondary N) is 2. The average Bonchev–Trinajstić information content (AvgIpc) is 2.80. The van der Waals surface area contributed by atoms with Crippen molar-refractivity contribution in [2.45, 2.75) is 13.5 Å². The van der Waals surface area contributed by atoms with Crippen molar-refractivity contribution >= 4 is 17.3 Å². The number of amides is 1. The van der Waals surface area contributed by atoms with Gasteiger partial charge in [0, 0.05) is 16.9 Å². The lowest BCUT2D eigenvalue weighted by atomic mass is 10.2. The lowest BCUT2D eigenvalue weighted by molar-refractivity contribution is -0.914. The standard InChI is InChI=1S/C26H29N3O2/c1-21-6-5-9-25(18-21)31-20-26(30)27-23-10-12-24(13-11-23)29-16-14-28(15-17-29)19-22-7-3-2-4-8-22/h2-13,18H,14-17,19-20H2,1H3,(H,27,30)/p+1. The molecule has 0 aromatic heterocycles. The molecule has 3 aromatic rings. The Morgan fingerprint density at radius 1 is 0.968 bits per heavy atom. The highest BCUT2D eigenvalue weighted by Gasteiger charge is 2.20. The predicted octanol–water partition coefficient (Wildman–Crippen LogP) is 2.92. The number of hydrogen-bond donors (Lipinski definition) is 2. The molecule has 1 amide bonds. The van der Waals surface area contributed by atoms with Crippen LogP contribution in [-0.2, 0) is 11.3 Å². The van der Waals surface area contributed by atoms with E-state index in [0.29, 0.717) is 5.75 Å². The van der Waals surface area contributed by atoms with E-state index >= 15 is 0 Å². The zero-order chi connectivity index (χ0) is 21.5. The van der Waals surface area contributed by atoms with Crippen molar-refractivity contribution in [2.24, 2.45) is 0 Å². The van der Waals surface area contributed by atoms with Crippen LogP contribution in [0.3, 0.4) is 0 Å². The molecule has 31 heavy (non-hydrogen) atoms. The molecule has 0 bridgehead atoms. The summed E-state index contributed by atoms with van der Waals surface area (Å²) in [5.74, 6) is 0.548. The number of carbonyl (C=O) groups is 1. The Hall–Kier alpha value is -3.31. The Balaban J connectivity index is 1.23. The molecule has 0 unspecified atom stereocenters. The molecule has 4 rings (SSSR count). The lowest BCUT2D eigenvalue weighted by Gasteiger charge is -2.33. The van der Waals surface area contributed by atoms with Gasteiger partial charge in [-0.15, -0.1) is 0 Å². The van der Waals surface area contributed by atoms with Crippen molar-refractivity contribution in [3.63, 3.8) is 0 Å². The van der Waals surface area contributed by atoms with Gasteiger partial charge in [0.05, 0.1) is 26.2 Å². The topological polar surface area (TPSA) is 46.0 Å². The molecule has 0 aliphatic carbocycles. The summed E-state index contributed by atoms with van der Waals surface area (Å²) in [4.78, 5) is 16.2. The van der Waals surface area contributed by atoms with Gasteiger partial charge in [-0.2, -0.15) is 0 Å². The SMILES string of the molecule is Cc1cccc(OCC(=O)Nc2ccc(N3CC[NH+](Cc4ccccc4)CC3)cc2)c1. The van der Waals surface area contributed by atoms with Gasteiger partial charge in [-0.3, -0.25) is 4.79 Å². The van der Waals surface area contributed by atoms with E-state index < -0.39 is 0 Å². The molecule has 1 heterocycles. The van der Waals surface area contributed by atoms with Crippen LogP contribution < -0.4 is 19.9 Å². The van der Waals surface area contributed by atoms with Crippen LogP contribution in [-0.4, -0.2) is 38.7 Å². The largest absolute Gasteiger partial charge is 0.484 e. The maximum Gasteiger partial charge on any atom is 0.262 e. The minimum absolute atomic E-state index is 0.00262. The van der Waals surface area contributed by atoms with Crippen LogP contribution in [0.25, 0.3) is 0 Å². The Bertz CT molecular complexity index is 981. The van der Waals surface area contributed by atoms with E-state index in [1.165, 1.54) is 11.3 Å². The summed E-state index contributed by atoms with van der Waals surface area (Å²) in [6.07, 6.45) is 0. The molecule has 2 N–H and O–H groups in total. The summed E-state index contributed by atoms with van der Waals surface area (Å²) in [6, 6.07) is 26.5. The first-order valence-corrected chi connectivity index (χ1v) is 10.9. The summed E-state index contributed by atoms with van der Waals surface area (Å²) in [7, 11) is 0. The fourth-order valence-electron chi connectivity index (χ4n) is 3.95. The summed E-state index contributed by atoms with van der Waals surface area (Å²) in [6.45, 7) is 7.42. The molecule has 160 valence electrons. The van der Waals surface area contributed by atoms with Crippen LogP contribution in [0.4, 0.5) is 11.4 Å². The first kappa shape index (κ1) is 20.9. The molecule has 5 nitrogen and oxygen atoms in total. The van der Waals surface area contributed by atoms with Gasteiger partial charge in [-0.1, -0.05) is 42.5 Å². The van der Waals surface area contributed by atoms with Crippen LogP contribution in [0.5, 0.6) is 5.75 Å². The van der Waals surface area contributed by atoms with E-state index in [0.717, 1.165) is 44.0 Å². The van der Waals surface area contributed by atoms with Crippen LogP contribution in [0.15, 0.2) is 78.9 Å². The number of hydrogen-bond acceptors (Lipinski definition) is 3. The van der Waals surface area contributed by atoms with Crippen molar-refractivity contribution in [2.75, 3.05) is 43.0 Å². The molecule has 3 aromatic carbocycles. The smallest absolute Gasteiger partial charge is 0.262 e. The zero-order valence-electron chi connectivity index (χ0n) is 18.0. The Morgan fingerprint density at radius 3 is 2.42 bits per heavy atom. The summed E-state index contributed by atoms with van der Waals surface area (Å²) in [5.41, 5.74) is 4.50. The highest BCUT2D eigenvalue weighted by molar-refractivity contribution is 5.92. The first-order chi connectivity index (χ1) is 15.2. The number of rotatable bonds is 7. The first-order valence-electron chi connectivity index (χ1n) is 10.9. The van der Waals surface area contributed by atoms with Gasteiger partial charge in [0.2, 0.25) is 0 Å². The number of piperazine rings is 1. The van der Waals surface area contributed by atoms with Crippen molar-refractivity contribution in [3.05, 3.63) is 90.0 Å². The Kier molecular flexibility index (Phi) is 6.85. The quantitative estimate of drug-likeness (QED) is 0.623. The van der Waals surface area contributed by atoms with Crippen LogP contribution >= 0.6 is 0 Å². The van der Waals surface area contributed by atoms with Crippen molar-refractivity contribution in [3.8, 4) is 5.75 Å². The molecule has 1 fully saturated rings. The number of ether oxygens (including phenoxy) is 1. The second kappa shape index (κ2) is 10.1. The maximum atomic E-state index is 12.2. The van der Waals surface area contributed by atoms with Gasteiger partial charge in [0.15, 0.2) is 6.61 Å². The highest BCUT2D eigenvalue weighted by atomic mass is 16.5. The summed E-state index contributed by atoms with van der Waals surface area (Å²) in [5, 5.41) is 2.90. The summed E-state index contributed by atoms with van der Waals surface area (Å²) >= 11 is 0. The van der Waals surface area contributed by atoms with E-state index in [1.54, 1.807) is 4.90 Å². The van der Waals surface area contributed by atoms with Crippen molar-refractivity contribution in [1.29, 1.82) is 0 Å². The molecular formula is C26H30N3O2+. The van der Waals surface area contributed by atoms with E-state index in [1.807, 2.05) is 43.3 Å². The molecule has 5 heteroatoms. The number of carbonyl (C=O) groups excluding carboxylic acids is 1. The van der Waals surface area contributed by atoms with Gasteiger partial charge in [-0.25, -0.2) is 0 Å². The van der Waals surface area contributed by atoms with E-state index in [-0.39, 0.29) is 12.5 Å². The van der Waals surface area contributed by atoms with Gasteiger partial charge < -0.3 is 19.9 Å². The number of benzene rings is 3. The zero-order valence-corrected chi connectivity index (χ0v) is 18.0. The van der Waals surface area contributed by atoms with E-state index in [9.17, 15) is 4.79 Å². The predicted molar refractivity (Wildman–Crippen MR) is 125 cm³/mol. The van der Waals surface area contributed by atoms with Gasteiger partial charge >= 0.3 is 0 Å². The fraction of sp³-hybridized carbons (Fsp3) is 0.269. The normalized spacial score (nSPS) is 14.3. The lowest BCUT2D eigenvalue weighted by Crippen LogP contribution is -3.13. The van der Waals surface area contributed by atoms with Crippen LogP contribution in [0.2, 0.25) is 0 Å². The highest BCUT2D eigenvalue weighted by Crippen LogP contribution is 2.18. The molecule has 1 saturated heterocycles. The maximum absolute atomic E-state index is 12.2. The number of nitrogens with zero attached hydrogens (tertiary/aromatic N) is 1. The second-order valence-corrected chi connectivity index (χ2v) is 8.10. The van der Waals surface area contributed by atoms with E-state index in [4.69, 9.17) is 4.74 Å². The van der Waals surface area contributed by atoms with Crippen molar-refractivity contribution < 1.29 is 14.4 Å². The van der Waals surface area contributed by atoms with Crippen LogP contribution in [0, 0.1) is 6.92 Å². The molecule has 0 spiro atoms. The number of aryl methyl sites for hydroxylation is 1. The third-order valence-electron chi connectivity index (χ3n) is 5.64. The Morgan fingerprint density at radius 2 is 1.71 bits per heavy atom. The Labute approximate surface area is 184 Å². The van der Waals surface area contributed by atoms with E-state index in [2.05, 4.69) is 52.7 Å². The van der Waals surface area contributed by atoms with Gasteiger partial charge in [0.1, 0.15) is 12.3 Å².